The number of benzene rings is 2. The van der Waals surface area contributed by atoms with Crippen molar-refractivity contribution in [1.29, 1.82) is 0 Å². The van der Waals surface area contributed by atoms with Crippen LogP contribution in [-0.4, -0.2) is 17.8 Å². The van der Waals surface area contributed by atoms with E-state index in [2.05, 4.69) is 13.2 Å². The Morgan fingerprint density at radius 3 is 1.57 bits per heavy atom. The monoisotopic (exact) mass is 329 g/mol. The van der Waals surface area contributed by atoms with Crippen molar-refractivity contribution < 1.29 is 13.6 Å². The Kier molecular flexibility index (Phi) is 6.21. The molecule has 0 heterocycles. The van der Waals surface area contributed by atoms with E-state index in [-0.39, 0.29) is 0 Å². The minimum atomic E-state index is -3.62. The van der Waals surface area contributed by atoms with Gasteiger partial charge in [0.05, 0.1) is 0 Å². The smallest absolute Gasteiger partial charge is 0.404 e. The molecule has 4 nitrogen and oxygen atoms in total. The van der Waals surface area contributed by atoms with E-state index < -0.39 is 7.75 Å². The molecule has 0 aliphatic rings. The van der Waals surface area contributed by atoms with Gasteiger partial charge in [0.2, 0.25) is 0 Å². The van der Waals surface area contributed by atoms with Crippen molar-refractivity contribution in [2.45, 2.75) is 0 Å². The van der Waals surface area contributed by atoms with Gasteiger partial charge in [-0.25, -0.2) is 4.57 Å². The first-order valence-corrected chi connectivity index (χ1v) is 8.74. The molecule has 0 aliphatic heterocycles. The summed E-state index contributed by atoms with van der Waals surface area (Å²) in [5.41, 5.74) is 0. The maximum atomic E-state index is 13.4. The van der Waals surface area contributed by atoms with E-state index >= 15 is 0 Å². The molecule has 5 heteroatoms. The van der Waals surface area contributed by atoms with Crippen molar-refractivity contribution in [3.05, 3.63) is 86.0 Å². The molecule has 0 bridgehead atoms. The van der Waals surface area contributed by atoms with Gasteiger partial charge in [-0.2, -0.15) is 4.67 Å². The lowest BCUT2D eigenvalue weighted by Crippen LogP contribution is -2.26. The quantitative estimate of drug-likeness (QED) is 0.483. The van der Waals surface area contributed by atoms with Gasteiger partial charge in [-0.3, -0.25) is 0 Å². The third kappa shape index (κ3) is 4.85. The van der Waals surface area contributed by atoms with Crippen molar-refractivity contribution in [3.8, 4) is 11.5 Å². The fourth-order valence-corrected chi connectivity index (χ4v) is 3.61. The standard InChI is InChI=1S/C18H20NO3P/c1-3-15-19(16-4-2)23(20,21-17-11-7-5-8-12-17)22-18-13-9-6-10-14-18/h3-14H,1-2,15-16H2. The van der Waals surface area contributed by atoms with Gasteiger partial charge in [0.25, 0.3) is 0 Å². The summed E-state index contributed by atoms with van der Waals surface area (Å²) in [6, 6.07) is 17.9. The molecule has 0 amide bonds. The summed E-state index contributed by atoms with van der Waals surface area (Å²) in [7, 11) is -3.62. The van der Waals surface area contributed by atoms with Gasteiger partial charge < -0.3 is 9.05 Å². The lowest BCUT2D eigenvalue weighted by molar-refractivity contribution is 0.306. The van der Waals surface area contributed by atoms with Gasteiger partial charge in [0, 0.05) is 13.1 Å². The zero-order chi connectivity index (χ0) is 16.5. The highest BCUT2D eigenvalue weighted by Gasteiger charge is 2.36. The number of hydrogen-bond donors (Lipinski definition) is 0. The van der Waals surface area contributed by atoms with Crippen molar-refractivity contribution >= 4 is 7.75 Å². The van der Waals surface area contributed by atoms with Crippen molar-refractivity contribution in [2.75, 3.05) is 13.1 Å². The van der Waals surface area contributed by atoms with E-state index in [1.165, 1.54) is 0 Å². The van der Waals surface area contributed by atoms with Crippen LogP contribution in [0.5, 0.6) is 11.5 Å². The molecule has 23 heavy (non-hydrogen) atoms. The van der Waals surface area contributed by atoms with Gasteiger partial charge in [0.1, 0.15) is 11.5 Å². The molecule has 0 fully saturated rings. The summed E-state index contributed by atoms with van der Waals surface area (Å²) < 4.78 is 26.5. The summed E-state index contributed by atoms with van der Waals surface area (Å²) in [6.07, 6.45) is 3.30. The molecule has 0 atom stereocenters. The van der Waals surface area contributed by atoms with E-state index in [4.69, 9.17) is 9.05 Å². The third-order valence-corrected chi connectivity index (χ3v) is 4.86. The molecule has 0 aromatic heterocycles. The van der Waals surface area contributed by atoms with Gasteiger partial charge in [-0.05, 0) is 24.3 Å². The molecule has 0 unspecified atom stereocenters. The van der Waals surface area contributed by atoms with Gasteiger partial charge in [-0.1, -0.05) is 48.6 Å². The zero-order valence-corrected chi connectivity index (χ0v) is 13.8. The Hall–Kier alpha value is -2.29. The Bertz CT molecular complexity index is 618. The van der Waals surface area contributed by atoms with Crippen LogP contribution >= 0.6 is 7.75 Å². The predicted octanol–water partition coefficient (Wildman–Crippen LogP) is 4.93. The van der Waals surface area contributed by atoms with E-state index in [1.807, 2.05) is 36.4 Å². The number of rotatable bonds is 9. The lowest BCUT2D eigenvalue weighted by atomic mass is 10.3. The van der Waals surface area contributed by atoms with Crippen LogP contribution in [0.25, 0.3) is 0 Å². The molecular formula is C18H20NO3P. The van der Waals surface area contributed by atoms with Gasteiger partial charge in [0.15, 0.2) is 0 Å². The minimum absolute atomic E-state index is 0.350. The largest absolute Gasteiger partial charge is 0.516 e. The minimum Gasteiger partial charge on any atom is -0.404 e. The second-order valence-corrected chi connectivity index (χ2v) is 6.59. The Morgan fingerprint density at radius 2 is 1.22 bits per heavy atom. The SMILES string of the molecule is C=CCN(CC=C)P(=O)(Oc1ccccc1)Oc1ccccc1. The molecule has 2 aromatic carbocycles. The van der Waals surface area contributed by atoms with Crippen LogP contribution in [0, 0.1) is 0 Å². The van der Waals surface area contributed by atoms with Crippen LogP contribution in [-0.2, 0) is 4.57 Å². The van der Waals surface area contributed by atoms with Gasteiger partial charge >= 0.3 is 7.75 Å². The van der Waals surface area contributed by atoms with E-state index in [9.17, 15) is 4.57 Å². The van der Waals surface area contributed by atoms with E-state index in [0.29, 0.717) is 24.6 Å². The Labute approximate surface area is 137 Å². The fraction of sp³-hybridized carbons (Fsp3) is 0.111. The van der Waals surface area contributed by atoms with Gasteiger partial charge in [-0.15, -0.1) is 13.2 Å². The Morgan fingerprint density at radius 1 is 0.826 bits per heavy atom. The average Bonchev–Trinajstić information content (AvgIpc) is 2.56. The molecule has 0 saturated heterocycles. The zero-order valence-electron chi connectivity index (χ0n) is 12.9. The molecular weight excluding hydrogens is 309 g/mol. The Balaban J connectivity index is 2.33. The first-order chi connectivity index (χ1) is 11.2. The first-order valence-electron chi connectivity index (χ1n) is 7.24. The number of para-hydroxylation sites is 2. The molecule has 120 valence electrons. The summed E-state index contributed by atoms with van der Waals surface area (Å²) in [6.45, 7) is 8.10. The second-order valence-electron chi connectivity index (χ2n) is 4.73. The predicted molar refractivity (Wildman–Crippen MR) is 93.7 cm³/mol. The van der Waals surface area contributed by atoms with Crippen LogP contribution in [0.4, 0.5) is 0 Å². The summed E-state index contributed by atoms with van der Waals surface area (Å²) in [5.74, 6) is 0.953. The third-order valence-electron chi connectivity index (χ3n) is 2.95. The molecule has 0 radical (unpaired) electrons. The summed E-state index contributed by atoms with van der Waals surface area (Å²) in [4.78, 5) is 0. The summed E-state index contributed by atoms with van der Waals surface area (Å²) in [5, 5.41) is 0. The maximum Gasteiger partial charge on any atom is 0.516 e. The van der Waals surface area contributed by atoms with Crippen LogP contribution < -0.4 is 9.05 Å². The van der Waals surface area contributed by atoms with E-state index in [1.54, 1.807) is 41.1 Å². The van der Waals surface area contributed by atoms with Crippen molar-refractivity contribution in [2.24, 2.45) is 0 Å². The molecule has 0 saturated carbocycles. The molecule has 0 aliphatic carbocycles. The highest BCUT2D eigenvalue weighted by Crippen LogP contribution is 2.51. The van der Waals surface area contributed by atoms with Crippen LogP contribution in [0.3, 0.4) is 0 Å². The summed E-state index contributed by atoms with van der Waals surface area (Å²) >= 11 is 0. The molecule has 0 N–H and O–H groups in total. The normalized spacial score (nSPS) is 11.0. The first kappa shape index (κ1) is 17.1. The number of hydrogen-bond acceptors (Lipinski definition) is 3. The lowest BCUT2D eigenvalue weighted by Gasteiger charge is -2.28. The maximum absolute atomic E-state index is 13.4. The van der Waals surface area contributed by atoms with E-state index in [0.717, 1.165) is 0 Å². The molecule has 2 rings (SSSR count). The van der Waals surface area contributed by atoms with Crippen molar-refractivity contribution in [1.82, 2.24) is 4.67 Å². The molecule has 2 aromatic rings. The van der Waals surface area contributed by atoms with Crippen LogP contribution in [0.15, 0.2) is 86.0 Å². The topological polar surface area (TPSA) is 38.8 Å². The second kappa shape index (κ2) is 8.37. The average molecular weight is 329 g/mol. The molecule has 0 spiro atoms. The van der Waals surface area contributed by atoms with Crippen LogP contribution in [0.1, 0.15) is 0 Å². The number of nitrogens with zero attached hydrogens (tertiary/aromatic N) is 1. The fourth-order valence-electron chi connectivity index (χ4n) is 1.94. The van der Waals surface area contributed by atoms with Crippen LogP contribution in [0.2, 0.25) is 0 Å². The highest BCUT2D eigenvalue weighted by atomic mass is 31.2. The van der Waals surface area contributed by atoms with Crippen molar-refractivity contribution in [3.63, 3.8) is 0 Å². The highest BCUT2D eigenvalue weighted by molar-refractivity contribution is 7.52.